The monoisotopic (exact) mass is 283 g/mol. The van der Waals surface area contributed by atoms with Crippen LogP contribution in [0.5, 0.6) is 5.75 Å². The smallest absolute Gasteiger partial charge is 0.327 e. The number of ether oxygens (including phenoxy) is 1. The van der Waals surface area contributed by atoms with Crippen molar-refractivity contribution in [3.8, 4) is 5.75 Å². The van der Waals surface area contributed by atoms with Gasteiger partial charge in [-0.3, -0.25) is 4.79 Å². The number of hydrogen-bond acceptors (Lipinski definition) is 4. The van der Waals surface area contributed by atoms with Crippen molar-refractivity contribution < 1.29 is 19.4 Å². The van der Waals surface area contributed by atoms with Gasteiger partial charge in [0.05, 0.1) is 6.61 Å². The third kappa shape index (κ3) is 6.71. The second kappa shape index (κ2) is 8.42. The highest BCUT2D eigenvalue weighted by Gasteiger charge is 2.17. The lowest BCUT2D eigenvalue weighted by atomic mass is 10.3. The molecule has 1 amide bonds. The molecule has 1 aromatic rings. The molecule has 0 aliphatic heterocycles. The van der Waals surface area contributed by atoms with Crippen molar-refractivity contribution in [2.75, 3.05) is 18.1 Å². The zero-order valence-corrected chi connectivity index (χ0v) is 11.5. The van der Waals surface area contributed by atoms with Crippen LogP contribution in [0.15, 0.2) is 30.3 Å². The third-order valence-electron chi connectivity index (χ3n) is 2.20. The van der Waals surface area contributed by atoms with Crippen LogP contribution in [-0.4, -0.2) is 41.1 Å². The highest BCUT2D eigenvalue weighted by Crippen LogP contribution is 2.10. The molecule has 0 aliphatic carbocycles. The van der Waals surface area contributed by atoms with Crippen LogP contribution in [0.1, 0.15) is 6.92 Å². The van der Waals surface area contributed by atoms with Crippen LogP contribution in [0.4, 0.5) is 0 Å². The summed E-state index contributed by atoms with van der Waals surface area (Å²) < 4.78 is 5.47. The van der Waals surface area contributed by atoms with Gasteiger partial charge in [-0.25, -0.2) is 4.79 Å². The van der Waals surface area contributed by atoms with Gasteiger partial charge in [-0.15, -0.1) is 0 Å². The van der Waals surface area contributed by atoms with E-state index in [1.54, 1.807) is 0 Å². The van der Waals surface area contributed by atoms with Crippen molar-refractivity contribution >= 4 is 23.6 Å². The molecule has 0 saturated heterocycles. The molecule has 0 spiro atoms. The first kappa shape index (κ1) is 15.4. The summed E-state index contributed by atoms with van der Waals surface area (Å²) in [7, 11) is 0. The summed E-state index contributed by atoms with van der Waals surface area (Å²) >= 11 is 1.43. The molecule has 1 atom stereocenters. The van der Waals surface area contributed by atoms with Crippen LogP contribution in [-0.2, 0) is 9.59 Å². The number of nitrogens with one attached hydrogen (secondary N) is 1. The molecule has 19 heavy (non-hydrogen) atoms. The van der Waals surface area contributed by atoms with Gasteiger partial charge in [-0.2, -0.15) is 11.8 Å². The highest BCUT2D eigenvalue weighted by atomic mass is 32.2. The maximum Gasteiger partial charge on any atom is 0.327 e. The standard InChI is InChI=1S/C13H17NO4S/c1-10(15)14-12(13(16)17)9-19-8-7-18-11-5-3-2-4-6-11/h2-6,12H,7-9H2,1H3,(H,14,15)(H,16,17). The average Bonchev–Trinajstić information content (AvgIpc) is 2.37. The number of carbonyl (C=O) groups is 2. The van der Waals surface area contributed by atoms with Gasteiger partial charge in [0.15, 0.2) is 0 Å². The summed E-state index contributed by atoms with van der Waals surface area (Å²) in [6.45, 7) is 1.81. The minimum atomic E-state index is -1.02. The molecule has 1 unspecified atom stereocenters. The van der Waals surface area contributed by atoms with Gasteiger partial charge in [0, 0.05) is 18.4 Å². The lowest BCUT2D eigenvalue weighted by molar-refractivity contribution is -0.140. The quantitative estimate of drug-likeness (QED) is 0.705. The number of carboxylic acid groups (broad SMARTS) is 1. The maximum absolute atomic E-state index is 10.9. The molecule has 0 aromatic heterocycles. The van der Waals surface area contributed by atoms with E-state index in [1.807, 2.05) is 30.3 Å². The third-order valence-corrected chi connectivity index (χ3v) is 3.22. The zero-order chi connectivity index (χ0) is 14.1. The molecular weight excluding hydrogens is 266 g/mol. The van der Waals surface area contributed by atoms with E-state index in [1.165, 1.54) is 18.7 Å². The number of hydrogen-bond donors (Lipinski definition) is 2. The van der Waals surface area contributed by atoms with E-state index in [2.05, 4.69) is 5.32 Å². The number of benzene rings is 1. The Morgan fingerprint density at radius 3 is 2.63 bits per heavy atom. The first-order chi connectivity index (χ1) is 9.09. The molecule has 104 valence electrons. The Kier molecular flexibility index (Phi) is 6.81. The summed E-state index contributed by atoms with van der Waals surface area (Å²) in [6, 6.07) is 8.56. The van der Waals surface area contributed by atoms with Crippen molar-refractivity contribution in [3.63, 3.8) is 0 Å². The molecule has 0 saturated carbocycles. The van der Waals surface area contributed by atoms with Gasteiger partial charge < -0.3 is 15.2 Å². The number of aliphatic carboxylic acids is 1. The Morgan fingerprint density at radius 1 is 1.37 bits per heavy atom. The number of rotatable bonds is 8. The van der Waals surface area contributed by atoms with Gasteiger partial charge in [0.25, 0.3) is 0 Å². The Labute approximate surface area is 116 Å². The first-order valence-corrected chi connectivity index (χ1v) is 7.00. The predicted molar refractivity (Wildman–Crippen MR) is 74.5 cm³/mol. The molecule has 6 heteroatoms. The largest absolute Gasteiger partial charge is 0.493 e. The van der Waals surface area contributed by atoms with Gasteiger partial charge in [-0.1, -0.05) is 18.2 Å². The SMILES string of the molecule is CC(=O)NC(CSCCOc1ccccc1)C(=O)O. The first-order valence-electron chi connectivity index (χ1n) is 5.85. The molecule has 0 aliphatic rings. The second-order valence-corrected chi connectivity index (χ2v) is 4.98. The van der Waals surface area contributed by atoms with Crippen molar-refractivity contribution in [3.05, 3.63) is 30.3 Å². The van der Waals surface area contributed by atoms with Crippen molar-refractivity contribution in [2.24, 2.45) is 0 Å². The Hall–Kier alpha value is -1.69. The van der Waals surface area contributed by atoms with E-state index in [-0.39, 0.29) is 5.91 Å². The van der Waals surface area contributed by atoms with Gasteiger partial charge >= 0.3 is 5.97 Å². The number of carboxylic acids is 1. The van der Waals surface area contributed by atoms with Crippen LogP contribution >= 0.6 is 11.8 Å². The summed E-state index contributed by atoms with van der Waals surface area (Å²) in [5.74, 6) is 0.422. The summed E-state index contributed by atoms with van der Waals surface area (Å²) in [5.41, 5.74) is 0. The Balaban J connectivity index is 2.18. The van der Waals surface area contributed by atoms with Gasteiger partial charge in [0.1, 0.15) is 11.8 Å². The fourth-order valence-corrected chi connectivity index (χ4v) is 2.19. The minimum absolute atomic E-state index is 0.326. The van der Waals surface area contributed by atoms with Crippen molar-refractivity contribution in [2.45, 2.75) is 13.0 Å². The molecule has 2 N–H and O–H groups in total. The molecule has 5 nitrogen and oxygen atoms in total. The lowest BCUT2D eigenvalue weighted by Crippen LogP contribution is -2.41. The number of para-hydroxylation sites is 1. The zero-order valence-electron chi connectivity index (χ0n) is 10.7. The van der Waals surface area contributed by atoms with E-state index in [9.17, 15) is 9.59 Å². The Bertz CT molecular complexity index is 410. The molecule has 0 bridgehead atoms. The fourth-order valence-electron chi connectivity index (χ4n) is 1.36. The van der Waals surface area contributed by atoms with Crippen molar-refractivity contribution in [1.82, 2.24) is 5.32 Å². The van der Waals surface area contributed by atoms with Crippen LogP contribution in [0, 0.1) is 0 Å². The van der Waals surface area contributed by atoms with Gasteiger partial charge in [0.2, 0.25) is 5.91 Å². The van der Waals surface area contributed by atoms with E-state index in [4.69, 9.17) is 9.84 Å². The fraction of sp³-hybridized carbons (Fsp3) is 0.385. The Morgan fingerprint density at radius 2 is 2.05 bits per heavy atom. The van der Waals surface area contributed by atoms with Gasteiger partial charge in [-0.05, 0) is 12.1 Å². The molecule has 1 aromatic carbocycles. The minimum Gasteiger partial charge on any atom is -0.493 e. The van der Waals surface area contributed by atoms with Crippen molar-refractivity contribution in [1.29, 1.82) is 0 Å². The summed E-state index contributed by atoms with van der Waals surface area (Å²) in [5, 5.41) is 11.3. The second-order valence-electron chi connectivity index (χ2n) is 3.83. The van der Waals surface area contributed by atoms with Crippen LogP contribution < -0.4 is 10.1 Å². The number of carbonyl (C=O) groups excluding carboxylic acids is 1. The normalized spacial score (nSPS) is 11.6. The maximum atomic E-state index is 10.9. The molecule has 0 heterocycles. The van der Waals surface area contributed by atoms with Crippen LogP contribution in [0.25, 0.3) is 0 Å². The van der Waals surface area contributed by atoms with Crippen LogP contribution in [0.3, 0.4) is 0 Å². The van der Waals surface area contributed by atoms with E-state index in [0.29, 0.717) is 18.1 Å². The van der Waals surface area contributed by atoms with E-state index >= 15 is 0 Å². The molecule has 0 fully saturated rings. The lowest BCUT2D eigenvalue weighted by Gasteiger charge is -2.12. The highest BCUT2D eigenvalue weighted by molar-refractivity contribution is 7.99. The van der Waals surface area contributed by atoms with E-state index in [0.717, 1.165) is 5.75 Å². The predicted octanol–water partition coefficient (Wildman–Crippen LogP) is 1.39. The molecule has 1 rings (SSSR count). The average molecular weight is 283 g/mol. The van der Waals surface area contributed by atoms with E-state index < -0.39 is 12.0 Å². The number of amides is 1. The topological polar surface area (TPSA) is 75.6 Å². The van der Waals surface area contributed by atoms with Crippen LogP contribution in [0.2, 0.25) is 0 Å². The molecule has 0 radical (unpaired) electrons. The molecular formula is C13H17NO4S. The summed E-state index contributed by atoms with van der Waals surface area (Å²) in [4.78, 5) is 21.7. The number of thioether (sulfide) groups is 1. The summed E-state index contributed by atoms with van der Waals surface area (Å²) in [6.07, 6.45) is 0.